The van der Waals surface area contributed by atoms with Crippen LogP contribution in [0, 0.1) is 6.92 Å². The van der Waals surface area contributed by atoms with E-state index in [4.69, 9.17) is 19.7 Å². The second-order valence-electron chi connectivity index (χ2n) is 11.3. The van der Waals surface area contributed by atoms with Crippen LogP contribution in [0.1, 0.15) is 29.4 Å². The maximum atomic E-state index is 13.2. The topological polar surface area (TPSA) is 120 Å². The van der Waals surface area contributed by atoms with Crippen molar-refractivity contribution in [1.29, 1.82) is 0 Å². The summed E-state index contributed by atoms with van der Waals surface area (Å²) in [6.07, 6.45) is 2.90. The minimum absolute atomic E-state index is 0.0191. The number of likely N-dealkylation sites (tertiary alicyclic amines) is 1. The van der Waals surface area contributed by atoms with E-state index in [2.05, 4.69) is 20.1 Å². The number of nitrogens with one attached hydrogen (secondary N) is 1. The number of ether oxygens (including phenoxy) is 1. The van der Waals surface area contributed by atoms with E-state index in [-0.39, 0.29) is 18.6 Å². The van der Waals surface area contributed by atoms with Gasteiger partial charge in [-0.05, 0) is 32.4 Å². The van der Waals surface area contributed by atoms with Crippen molar-refractivity contribution in [1.82, 2.24) is 29.7 Å². The molecule has 0 spiro atoms. The van der Waals surface area contributed by atoms with E-state index in [9.17, 15) is 9.90 Å². The number of aliphatic hydroxyl groups is 1. The van der Waals surface area contributed by atoms with Gasteiger partial charge in [-0.2, -0.15) is 4.98 Å². The lowest BCUT2D eigenvalue weighted by Gasteiger charge is -2.34. The maximum Gasteiger partial charge on any atom is 0.254 e. The van der Waals surface area contributed by atoms with E-state index in [0.717, 1.165) is 58.5 Å². The van der Waals surface area contributed by atoms with Crippen molar-refractivity contribution in [2.75, 3.05) is 56.2 Å². The third-order valence-corrected chi connectivity index (χ3v) is 9.41. The summed E-state index contributed by atoms with van der Waals surface area (Å²) in [7, 11) is 0. The smallest absolute Gasteiger partial charge is 0.254 e. The van der Waals surface area contributed by atoms with Crippen molar-refractivity contribution < 1.29 is 14.6 Å². The van der Waals surface area contributed by atoms with E-state index in [1.54, 1.807) is 11.3 Å². The van der Waals surface area contributed by atoms with Crippen LogP contribution in [0.3, 0.4) is 0 Å². The predicted octanol–water partition coefficient (Wildman–Crippen LogP) is 3.32. The Morgan fingerprint density at radius 3 is 2.86 bits per heavy atom. The Bertz CT molecular complexity index is 1630. The Balaban J connectivity index is 1.09. The van der Waals surface area contributed by atoms with Gasteiger partial charge in [0, 0.05) is 73.4 Å². The van der Waals surface area contributed by atoms with Gasteiger partial charge in [0.25, 0.3) is 5.91 Å². The first-order valence-corrected chi connectivity index (χ1v) is 15.3. The molecule has 6 heterocycles. The minimum Gasteiger partial charge on any atom is -0.395 e. The molecule has 11 nitrogen and oxygen atoms in total. The van der Waals surface area contributed by atoms with Crippen LogP contribution in [0.15, 0.2) is 42.6 Å². The van der Waals surface area contributed by atoms with Gasteiger partial charge >= 0.3 is 0 Å². The van der Waals surface area contributed by atoms with Crippen molar-refractivity contribution in [3.05, 3.63) is 53.9 Å². The van der Waals surface area contributed by atoms with E-state index >= 15 is 0 Å². The zero-order valence-corrected chi connectivity index (χ0v) is 24.5. The Kier molecular flexibility index (Phi) is 7.22. The number of rotatable bonds is 7. The Morgan fingerprint density at radius 1 is 1.14 bits per heavy atom. The Morgan fingerprint density at radius 2 is 2.05 bits per heavy atom. The molecule has 0 radical (unpaired) electrons. The molecule has 1 aromatic carbocycles. The van der Waals surface area contributed by atoms with Crippen LogP contribution < -0.4 is 10.2 Å². The highest BCUT2D eigenvalue weighted by molar-refractivity contribution is 7.21. The third kappa shape index (κ3) is 5.19. The summed E-state index contributed by atoms with van der Waals surface area (Å²) in [5, 5.41) is 13.5. The molecule has 3 atom stereocenters. The van der Waals surface area contributed by atoms with Crippen LogP contribution in [-0.4, -0.2) is 105 Å². The number of hydrogen-bond acceptors (Lipinski definition) is 11. The molecular formula is C30H34N8O3S. The molecule has 3 saturated heterocycles. The molecule has 3 aliphatic rings. The number of benzene rings is 1. The van der Waals surface area contributed by atoms with Crippen LogP contribution in [0.2, 0.25) is 0 Å². The van der Waals surface area contributed by atoms with Gasteiger partial charge in [-0.25, -0.2) is 15.0 Å². The van der Waals surface area contributed by atoms with Gasteiger partial charge < -0.3 is 25.0 Å². The van der Waals surface area contributed by atoms with Gasteiger partial charge in [0.2, 0.25) is 5.95 Å². The van der Waals surface area contributed by atoms with Gasteiger partial charge in [0.05, 0.1) is 36.1 Å². The third-order valence-electron chi connectivity index (χ3n) is 8.36. The average Bonchev–Trinajstić information content (AvgIpc) is 3.71. The van der Waals surface area contributed by atoms with E-state index in [0.29, 0.717) is 49.0 Å². The molecule has 0 saturated carbocycles. The summed E-state index contributed by atoms with van der Waals surface area (Å²) in [6.45, 7) is 8.43. The number of fused-ring (bicyclic) bond motifs is 3. The lowest BCUT2D eigenvalue weighted by Crippen LogP contribution is -2.47. The SMILES string of the molecule is Cc1cc(Nc2cc3nc(-c4cccc(C(=O)N5CCOC[C@H]5C)c4)sc3cn2)nc(N2C[C@@H]3C[C@H]2CN3CCO)n1. The van der Waals surface area contributed by atoms with Crippen LogP contribution in [0.5, 0.6) is 0 Å². The molecule has 1 amide bonds. The van der Waals surface area contributed by atoms with Crippen molar-refractivity contribution in [2.24, 2.45) is 0 Å². The van der Waals surface area contributed by atoms with E-state index in [1.165, 1.54) is 0 Å². The summed E-state index contributed by atoms with van der Waals surface area (Å²) >= 11 is 1.56. The lowest BCUT2D eigenvalue weighted by atomic mass is 10.1. The molecule has 0 unspecified atom stereocenters. The van der Waals surface area contributed by atoms with Crippen LogP contribution >= 0.6 is 11.3 Å². The first-order valence-electron chi connectivity index (χ1n) is 14.4. The molecule has 2 N–H and O–H groups in total. The highest BCUT2D eigenvalue weighted by atomic mass is 32.1. The number of β-amino-alcohol motifs (C(OH)–C–C–N with tert-alkyl or cyclic N) is 1. The zero-order valence-electron chi connectivity index (χ0n) is 23.7. The summed E-state index contributed by atoms with van der Waals surface area (Å²) in [5.41, 5.74) is 3.28. The van der Waals surface area contributed by atoms with Crippen LogP contribution in [-0.2, 0) is 4.74 Å². The first kappa shape index (κ1) is 27.1. The molecule has 3 aromatic heterocycles. The monoisotopic (exact) mass is 586 g/mol. The number of aromatic nitrogens is 4. The number of pyridine rings is 1. The van der Waals surface area contributed by atoms with E-state index < -0.39 is 0 Å². The van der Waals surface area contributed by atoms with Crippen LogP contribution in [0.4, 0.5) is 17.6 Å². The molecule has 3 fully saturated rings. The number of piperazine rings is 1. The molecule has 7 rings (SSSR count). The van der Waals surface area contributed by atoms with Gasteiger partial charge in [0.1, 0.15) is 16.6 Å². The van der Waals surface area contributed by atoms with Gasteiger partial charge in [-0.3, -0.25) is 9.69 Å². The molecule has 218 valence electrons. The zero-order chi connectivity index (χ0) is 28.8. The van der Waals surface area contributed by atoms with Crippen LogP contribution in [0.25, 0.3) is 20.8 Å². The molecular weight excluding hydrogens is 552 g/mol. The number of aliphatic hydroxyl groups excluding tert-OH is 1. The van der Waals surface area contributed by atoms with Gasteiger partial charge in [0.15, 0.2) is 0 Å². The standard InChI is InChI=1S/C30H34N8O3S/c1-18-10-27(35-30(32-18)38-16-22-12-23(38)15-36(22)6-8-39)34-26-13-24-25(14-31-26)42-28(33-24)20-4-3-5-21(11-20)29(40)37-7-9-41-17-19(37)2/h3-5,10-11,13-14,19,22-23,39H,6-9,12,15-17H2,1-2H3,(H,31,32,34,35)/t19-,22+,23+/m1/s1. The number of carbonyl (C=O) groups excluding carboxylic acids is 1. The fraction of sp³-hybridized carbons (Fsp3) is 0.433. The van der Waals surface area contributed by atoms with Gasteiger partial charge in [-0.1, -0.05) is 12.1 Å². The molecule has 0 aliphatic carbocycles. The summed E-state index contributed by atoms with van der Waals surface area (Å²) < 4.78 is 6.46. The molecule has 4 aromatic rings. The maximum absolute atomic E-state index is 13.2. The fourth-order valence-electron chi connectivity index (χ4n) is 6.28. The Labute approximate surface area is 248 Å². The number of anilines is 3. The normalized spacial score (nSPS) is 22.3. The summed E-state index contributed by atoms with van der Waals surface area (Å²) in [6, 6.07) is 12.4. The lowest BCUT2D eigenvalue weighted by molar-refractivity contribution is 0.00360. The molecule has 12 heteroatoms. The van der Waals surface area contributed by atoms with Crippen molar-refractivity contribution >= 4 is 45.0 Å². The molecule has 42 heavy (non-hydrogen) atoms. The van der Waals surface area contributed by atoms with Crippen molar-refractivity contribution in [3.8, 4) is 10.6 Å². The molecule has 2 bridgehead atoms. The average molecular weight is 587 g/mol. The van der Waals surface area contributed by atoms with E-state index in [1.807, 2.05) is 61.3 Å². The van der Waals surface area contributed by atoms with Gasteiger partial charge in [-0.15, -0.1) is 11.3 Å². The number of thiazole rings is 1. The quantitative estimate of drug-likeness (QED) is 0.334. The molecule has 3 aliphatic heterocycles. The highest BCUT2D eigenvalue weighted by Gasteiger charge is 2.44. The minimum atomic E-state index is 0.0191. The second-order valence-corrected chi connectivity index (χ2v) is 12.3. The highest BCUT2D eigenvalue weighted by Crippen LogP contribution is 2.34. The number of hydrogen-bond donors (Lipinski definition) is 2. The first-order chi connectivity index (χ1) is 20.4. The van der Waals surface area contributed by atoms with Crippen molar-refractivity contribution in [2.45, 2.75) is 38.4 Å². The number of nitrogens with zero attached hydrogens (tertiary/aromatic N) is 7. The Hall–Kier alpha value is -3.71. The number of aryl methyl sites for hydroxylation is 1. The fourth-order valence-corrected chi connectivity index (χ4v) is 7.19. The number of carbonyl (C=O) groups is 1. The largest absolute Gasteiger partial charge is 0.395 e. The second kappa shape index (κ2) is 11.2. The number of amides is 1. The summed E-state index contributed by atoms with van der Waals surface area (Å²) in [5.74, 6) is 2.10. The predicted molar refractivity (Wildman–Crippen MR) is 162 cm³/mol. The van der Waals surface area contributed by atoms with Crippen molar-refractivity contribution in [3.63, 3.8) is 0 Å². The summed E-state index contributed by atoms with van der Waals surface area (Å²) in [4.78, 5) is 38.8. The number of morpholine rings is 1.